The molecule has 0 spiro atoms. The van der Waals surface area contributed by atoms with Gasteiger partial charge >= 0.3 is 0 Å². The number of carbonyl (C=O) groups excluding carboxylic acids is 2. The van der Waals surface area contributed by atoms with Gasteiger partial charge in [0.2, 0.25) is 11.8 Å². The largest absolute Gasteiger partial charge is 0.377 e. The Morgan fingerprint density at radius 1 is 1.40 bits per heavy atom. The highest BCUT2D eigenvalue weighted by Crippen LogP contribution is 2.17. The topological polar surface area (TPSA) is 70.7 Å². The van der Waals surface area contributed by atoms with Crippen molar-refractivity contribution in [3.63, 3.8) is 0 Å². The van der Waals surface area contributed by atoms with Crippen molar-refractivity contribution in [2.24, 2.45) is 5.92 Å². The molecule has 2 fully saturated rings. The van der Waals surface area contributed by atoms with Gasteiger partial charge in [0.1, 0.15) is 6.04 Å². The van der Waals surface area contributed by atoms with Crippen molar-refractivity contribution >= 4 is 11.8 Å². The van der Waals surface area contributed by atoms with E-state index in [0.717, 1.165) is 19.4 Å². The zero-order chi connectivity index (χ0) is 14.5. The van der Waals surface area contributed by atoms with Crippen LogP contribution in [0.4, 0.5) is 0 Å². The Balaban J connectivity index is 2.01. The number of ether oxygens (including phenoxy) is 1. The molecule has 6 nitrogen and oxygen atoms in total. The molecule has 2 aliphatic rings. The summed E-state index contributed by atoms with van der Waals surface area (Å²) in [6.07, 6.45) is 1.92. The standard InChI is InChI=1S/C14H25N3O3/c1-10(2)16-13(18)12-9-20-7-6-17(12)14(19)11-4-3-5-15-8-11/h10-12,15H,3-9H2,1-2H3,(H,16,18)/t11-,12?/m1/s1. The first kappa shape index (κ1) is 15.3. The van der Waals surface area contributed by atoms with Gasteiger partial charge in [0.15, 0.2) is 0 Å². The lowest BCUT2D eigenvalue weighted by atomic mass is 9.97. The van der Waals surface area contributed by atoms with Gasteiger partial charge in [0.05, 0.1) is 19.1 Å². The van der Waals surface area contributed by atoms with Crippen LogP contribution >= 0.6 is 0 Å². The van der Waals surface area contributed by atoms with E-state index < -0.39 is 6.04 Å². The molecule has 0 aromatic heterocycles. The maximum atomic E-state index is 12.6. The van der Waals surface area contributed by atoms with Crippen molar-refractivity contribution < 1.29 is 14.3 Å². The Morgan fingerprint density at radius 3 is 2.85 bits per heavy atom. The van der Waals surface area contributed by atoms with Crippen molar-refractivity contribution in [3.8, 4) is 0 Å². The van der Waals surface area contributed by atoms with Crippen molar-refractivity contribution in [2.45, 2.75) is 38.8 Å². The smallest absolute Gasteiger partial charge is 0.245 e. The fourth-order valence-electron chi connectivity index (χ4n) is 2.76. The SMILES string of the molecule is CC(C)NC(=O)C1COCCN1C(=O)[C@@H]1CCCNC1. The molecule has 1 unspecified atom stereocenters. The molecule has 2 aliphatic heterocycles. The molecule has 0 aromatic carbocycles. The molecule has 0 aliphatic carbocycles. The molecule has 0 radical (unpaired) electrons. The highest BCUT2D eigenvalue weighted by Gasteiger charge is 2.36. The fourth-order valence-corrected chi connectivity index (χ4v) is 2.76. The zero-order valence-corrected chi connectivity index (χ0v) is 12.4. The molecule has 2 atom stereocenters. The molecule has 2 saturated heterocycles. The van der Waals surface area contributed by atoms with Crippen LogP contribution in [0, 0.1) is 5.92 Å². The summed E-state index contributed by atoms with van der Waals surface area (Å²) in [6, 6.07) is -0.418. The van der Waals surface area contributed by atoms with E-state index in [4.69, 9.17) is 4.74 Å². The van der Waals surface area contributed by atoms with Gasteiger partial charge in [-0.05, 0) is 33.2 Å². The lowest BCUT2D eigenvalue weighted by Gasteiger charge is -2.37. The second-order valence-corrected chi connectivity index (χ2v) is 5.83. The third kappa shape index (κ3) is 3.70. The lowest BCUT2D eigenvalue weighted by Crippen LogP contribution is -2.58. The average Bonchev–Trinajstić information content (AvgIpc) is 2.46. The monoisotopic (exact) mass is 283 g/mol. The first-order chi connectivity index (χ1) is 9.59. The first-order valence-corrected chi connectivity index (χ1v) is 7.49. The van der Waals surface area contributed by atoms with Gasteiger partial charge in [0.25, 0.3) is 0 Å². The molecule has 114 valence electrons. The summed E-state index contributed by atoms with van der Waals surface area (Å²) in [5.41, 5.74) is 0. The Hall–Kier alpha value is -1.14. The van der Waals surface area contributed by atoms with Crippen molar-refractivity contribution in [2.75, 3.05) is 32.8 Å². The maximum absolute atomic E-state index is 12.6. The lowest BCUT2D eigenvalue weighted by molar-refractivity contribution is -0.152. The van der Waals surface area contributed by atoms with Gasteiger partial charge in [0, 0.05) is 19.1 Å². The Labute approximate surface area is 120 Å². The van der Waals surface area contributed by atoms with Gasteiger partial charge in [-0.3, -0.25) is 9.59 Å². The molecule has 2 amide bonds. The Morgan fingerprint density at radius 2 is 2.20 bits per heavy atom. The van der Waals surface area contributed by atoms with E-state index in [9.17, 15) is 9.59 Å². The van der Waals surface area contributed by atoms with E-state index in [1.807, 2.05) is 13.8 Å². The van der Waals surface area contributed by atoms with E-state index in [1.165, 1.54) is 0 Å². The van der Waals surface area contributed by atoms with Crippen molar-refractivity contribution in [1.29, 1.82) is 0 Å². The van der Waals surface area contributed by atoms with E-state index in [-0.39, 0.29) is 23.8 Å². The van der Waals surface area contributed by atoms with Crippen LogP contribution in [0.2, 0.25) is 0 Å². The summed E-state index contributed by atoms with van der Waals surface area (Å²) in [5.74, 6) is -0.0302. The van der Waals surface area contributed by atoms with Crippen molar-refractivity contribution in [3.05, 3.63) is 0 Å². The predicted octanol–water partition coefficient (Wildman–Crippen LogP) is -0.262. The highest BCUT2D eigenvalue weighted by atomic mass is 16.5. The van der Waals surface area contributed by atoms with Crippen LogP contribution in [-0.4, -0.2) is 61.6 Å². The van der Waals surface area contributed by atoms with Crippen LogP contribution in [0.1, 0.15) is 26.7 Å². The predicted molar refractivity (Wildman–Crippen MR) is 75.2 cm³/mol. The molecule has 0 aromatic rings. The Bertz CT molecular complexity index is 354. The van der Waals surface area contributed by atoms with Crippen molar-refractivity contribution in [1.82, 2.24) is 15.5 Å². The number of nitrogens with one attached hydrogen (secondary N) is 2. The number of piperidine rings is 1. The van der Waals surface area contributed by atoms with Crippen LogP contribution in [0.5, 0.6) is 0 Å². The molecule has 20 heavy (non-hydrogen) atoms. The third-order valence-electron chi connectivity index (χ3n) is 3.79. The number of morpholine rings is 1. The van der Waals surface area contributed by atoms with Crippen LogP contribution in [0.15, 0.2) is 0 Å². The highest BCUT2D eigenvalue weighted by molar-refractivity contribution is 5.89. The number of hydrogen-bond acceptors (Lipinski definition) is 4. The summed E-state index contributed by atoms with van der Waals surface area (Å²) in [6.45, 7) is 6.84. The van der Waals surface area contributed by atoms with Gasteiger partial charge in [-0.2, -0.15) is 0 Å². The average molecular weight is 283 g/mol. The van der Waals surface area contributed by atoms with E-state index in [0.29, 0.717) is 26.3 Å². The quantitative estimate of drug-likeness (QED) is 0.748. The Kier molecular flexibility index (Phi) is 5.37. The second-order valence-electron chi connectivity index (χ2n) is 5.83. The summed E-state index contributed by atoms with van der Waals surface area (Å²) < 4.78 is 5.38. The molecule has 2 rings (SSSR count). The number of rotatable bonds is 3. The molecule has 0 bridgehead atoms. The summed E-state index contributed by atoms with van der Waals surface area (Å²) in [4.78, 5) is 26.5. The molecule has 6 heteroatoms. The minimum absolute atomic E-state index is 0.00352. The van der Waals surface area contributed by atoms with Crippen LogP contribution in [0.25, 0.3) is 0 Å². The van der Waals surface area contributed by atoms with Gasteiger partial charge in [-0.25, -0.2) is 0 Å². The first-order valence-electron chi connectivity index (χ1n) is 7.49. The summed E-state index contributed by atoms with van der Waals surface area (Å²) >= 11 is 0. The van der Waals surface area contributed by atoms with Crippen LogP contribution in [-0.2, 0) is 14.3 Å². The maximum Gasteiger partial charge on any atom is 0.245 e. The number of amides is 2. The van der Waals surface area contributed by atoms with E-state index in [2.05, 4.69) is 10.6 Å². The second kappa shape index (κ2) is 7.04. The minimum Gasteiger partial charge on any atom is -0.377 e. The molecular formula is C14H25N3O3. The zero-order valence-electron chi connectivity index (χ0n) is 12.4. The molecule has 2 N–H and O–H groups in total. The van der Waals surface area contributed by atoms with Gasteiger partial charge in [-0.15, -0.1) is 0 Å². The molecule has 0 saturated carbocycles. The minimum atomic E-state index is -0.486. The molecular weight excluding hydrogens is 258 g/mol. The number of carbonyl (C=O) groups is 2. The summed E-state index contributed by atoms with van der Waals surface area (Å²) in [5, 5.41) is 6.12. The normalized spacial score (nSPS) is 27.4. The van der Waals surface area contributed by atoms with Crippen LogP contribution < -0.4 is 10.6 Å². The van der Waals surface area contributed by atoms with E-state index in [1.54, 1.807) is 4.90 Å². The fraction of sp³-hybridized carbons (Fsp3) is 0.857. The third-order valence-corrected chi connectivity index (χ3v) is 3.79. The van der Waals surface area contributed by atoms with Crippen LogP contribution in [0.3, 0.4) is 0 Å². The number of hydrogen-bond donors (Lipinski definition) is 2. The summed E-state index contributed by atoms with van der Waals surface area (Å²) in [7, 11) is 0. The number of nitrogens with zero attached hydrogens (tertiary/aromatic N) is 1. The van der Waals surface area contributed by atoms with Gasteiger partial charge < -0.3 is 20.3 Å². The van der Waals surface area contributed by atoms with E-state index >= 15 is 0 Å². The van der Waals surface area contributed by atoms with Gasteiger partial charge in [-0.1, -0.05) is 0 Å². The molecule has 2 heterocycles.